The second-order valence-electron chi connectivity index (χ2n) is 5.49. The molecule has 3 aromatic carbocycles. The molecule has 2 N–H and O–H groups in total. The molecule has 0 spiro atoms. The maximum absolute atomic E-state index is 12.3. The molecule has 122 valence electrons. The number of benzene rings is 3. The van der Waals surface area contributed by atoms with Crippen LogP contribution in [0.3, 0.4) is 0 Å². The molecule has 3 rings (SSSR count). The number of carbonyl (C=O) groups excluding carboxylic acids is 1. The second-order valence-corrected chi connectivity index (χ2v) is 6.62. The lowest BCUT2D eigenvalue weighted by Crippen LogP contribution is -2.19. The van der Waals surface area contributed by atoms with Gasteiger partial charge in [0.1, 0.15) is 0 Å². The Morgan fingerprint density at radius 1 is 0.917 bits per heavy atom. The Morgan fingerprint density at radius 3 is 2.50 bits per heavy atom. The highest BCUT2D eigenvalue weighted by molar-refractivity contribution is 7.99. The third-order valence-electron chi connectivity index (χ3n) is 3.60. The molecule has 0 aliphatic heterocycles. The van der Waals surface area contributed by atoms with Crippen molar-refractivity contribution >= 4 is 39.9 Å². The molecule has 3 nitrogen and oxygen atoms in total. The maximum Gasteiger partial charge on any atom is 0.323 e. The van der Waals surface area contributed by atoms with Crippen LogP contribution in [-0.2, 0) is 0 Å². The standard InChI is InChI=1S/C20H20N2OS/c1-2-13-24-19-10-6-5-9-18(19)22-20(23)21-17-12-11-15-7-3-4-8-16(15)14-17/h3-12,14H,2,13H2,1H3,(H2,21,22,23). The molecule has 0 heterocycles. The Hall–Kier alpha value is -2.46. The molecule has 0 fully saturated rings. The van der Waals surface area contributed by atoms with Gasteiger partial charge in [0.05, 0.1) is 5.69 Å². The zero-order chi connectivity index (χ0) is 16.8. The number of hydrogen-bond acceptors (Lipinski definition) is 2. The first kappa shape index (κ1) is 16.4. The lowest BCUT2D eigenvalue weighted by Gasteiger charge is -2.12. The van der Waals surface area contributed by atoms with Crippen molar-refractivity contribution in [1.82, 2.24) is 0 Å². The van der Waals surface area contributed by atoms with E-state index < -0.39 is 0 Å². The third kappa shape index (κ3) is 4.09. The molecule has 0 bridgehead atoms. The fourth-order valence-corrected chi connectivity index (χ4v) is 3.33. The number of carbonyl (C=O) groups is 1. The van der Waals surface area contributed by atoms with E-state index in [0.717, 1.165) is 39.2 Å². The van der Waals surface area contributed by atoms with Crippen molar-refractivity contribution in [1.29, 1.82) is 0 Å². The molecule has 3 aromatic rings. The van der Waals surface area contributed by atoms with E-state index in [4.69, 9.17) is 0 Å². The van der Waals surface area contributed by atoms with Crippen molar-refractivity contribution < 1.29 is 4.79 Å². The normalized spacial score (nSPS) is 10.5. The SMILES string of the molecule is CCCSc1ccccc1NC(=O)Nc1ccc2ccccc2c1. The minimum absolute atomic E-state index is 0.227. The van der Waals surface area contributed by atoms with Gasteiger partial charge in [-0.05, 0) is 47.2 Å². The van der Waals surface area contributed by atoms with Crippen LogP contribution in [0.5, 0.6) is 0 Å². The molecular formula is C20H20N2OS. The van der Waals surface area contributed by atoms with Gasteiger partial charge < -0.3 is 10.6 Å². The van der Waals surface area contributed by atoms with E-state index in [1.165, 1.54) is 0 Å². The number of thioether (sulfide) groups is 1. The zero-order valence-corrected chi connectivity index (χ0v) is 14.4. The Labute approximate surface area is 146 Å². The predicted octanol–water partition coefficient (Wildman–Crippen LogP) is 5.99. The van der Waals surface area contributed by atoms with Crippen molar-refractivity contribution in [3.05, 3.63) is 66.7 Å². The van der Waals surface area contributed by atoms with E-state index in [2.05, 4.69) is 23.6 Å². The highest BCUT2D eigenvalue weighted by Crippen LogP contribution is 2.27. The average molecular weight is 336 g/mol. The molecule has 4 heteroatoms. The molecule has 0 atom stereocenters. The quantitative estimate of drug-likeness (QED) is 0.562. The van der Waals surface area contributed by atoms with Gasteiger partial charge in [-0.25, -0.2) is 4.79 Å². The molecule has 0 saturated carbocycles. The molecule has 0 aliphatic carbocycles. The molecular weight excluding hydrogens is 316 g/mol. The first-order valence-electron chi connectivity index (χ1n) is 8.05. The average Bonchev–Trinajstić information content (AvgIpc) is 2.61. The highest BCUT2D eigenvalue weighted by Gasteiger charge is 2.07. The van der Waals surface area contributed by atoms with Gasteiger partial charge >= 0.3 is 6.03 Å². The lowest BCUT2D eigenvalue weighted by atomic mass is 10.1. The van der Waals surface area contributed by atoms with Gasteiger partial charge in [0.15, 0.2) is 0 Å². The number of anilines is 2. The Balaban J connectivity index is 1.71. The van der Waals surface area contributed by atoms with E-state index in [0.29, 0.717) is 0 Å². The van der Waals surface area contributed by atoms with E-state index in [-0.39, 0.29) is 6.03 Å². The summed E-state index contributed by atoms with van der Waals surface area (Å²) in [4.78, 5) is 13.4. The topological polar surface area (TPSA) is 41.1 Å². The summed E-state index contributed by atoms with van der Waals surface area (Å²) in [6.07, 6.45) is 1.10. The summed E-state index contributed by atoms with van der Waals surface area (Å²) < 4.78 is 0. The summed E-state index contributed by atoms with van der Waals surface area (Å²) >= 11 is 1.75. The Bertz CT molecular complexity index is 848. The molecule has 0 unspecified atom stereocenters. The van der Waals surface area contributed by atoms with Gasteiger partial charge in [-0.2, -0.15) is 0 Å². The summed E-state index contributed by atoms with van der Waals surface area (Å²) in [6, 6.07) is 21.7. The summed E-state index contributed by atoms with van der Waals surface area (Å²) in [5.74, 6) is 1.03. The monoisotopic (exact) mass is 336 g/mol. The van der Waals surface area contributed by atoms with Crippen LogP contribution in [0.2, 0.25) is 0 Å². The minimum atomic E-state index is -0.227. The minimum Gasteiger partial charge on any atom is -0.308 e. The summed E-state index contributed by atoms with van der Waals surface area (Å²) in [5, 5.41) is 8.11. The van der Waals surface area contributed by atoms with Crippen LogP contribution >= 0.6 is 11.8 Å². The van der Waals surface area contributed by atoms with E-state index in [1.807, 2.05) is 60.7 Å². The lowest BCUT2D eigenvalue weighted by molar-refractivity contribution is 0.262. The van der Waals surface area contributed by atoms with E-state index in [9.17, 15) is 4.79 Å². The predicted molar refractivity (Wildman–Crippen MR) is 104 cm³/mol. The fourth-order valence-electron chi connectivity index (χ4n) is 2.46. The van der Waals surface area contributed by atoms with Crippen molar-refractivity contribution in [2.75, 3.05) is 16.4 Å². The van der Waals surface area contributed by atoms with Crippen molar-refractivity contribution in [2.24, 2.45) is 0 Å². The van der Waals surface area contributed by atoms with E-state index in [1.54, 1.807) is 11.8 Å². The number of nitrogens with one attached hydrogen (secondary N) is 2. The zero-order valence-electron chi connectivity index (χ0n) is 13.6. The largest absolute Gasteiger partial charge is 0.323 e. The van der Waals surface area contributed by atoms with Crippen LogP contribution in [0.15, 0.2) is 71.6 Å². The molecule has 24 heavy (non-hydrogen) atoms. The van der Waals surface area contributed by atoms with Crippen LogP contribution in [0, 0.1) is 0 Å². The van der Waals surface area contributed by atoms with E-state index >= 15 is 0 Å². The number of hydrogen-bond donors (Lipinski definition) is 2. The van der Waals surface area contributed by atoms with Crippen LogP contribution in [0.1, 0.15) is 13.3 Å². The summed E-state index contributed by atoms with van der Waals surface area (Å²) in [5.41, 5.74) is 1.62. The van der Waals surface area contributed by atoms with Gasteiger partial charge in [-0.3, -0.25) is 0 Å². The van der Waals surface area contributed by atoms with Crippen molar-refractivity contribution in [2.45, 2.75) is 18.2 Å². The molecule has 0 saturated heterocycles. The van der Waals surface area contributed by atoms with Gasteiger partial charge in [0.2, 0.25) is 0 Å². The molecule has 0 aliphatic rings. The first-order valence-corrected chi connectivity index (χ1v) is 9.03. The molecule has 0 aromatic heterocycles. The highest BCUT2D eigenvalue weighted by atomic mass is 32.2. The first-order chi connectivity index (χ1) is 11.8. The Kier molecular flexibility index (Phi) is 5.39. The number of para-hydroxylation sites is 1. The second kappa shape index (κ2) is 7.88. The van der Waals surface area contributed by atoms with Crippen molar-refractivity contribution in [3.63, 3.8) is 0 Å². The Morgan fingerprint density at radius 2 is 1.67 bits per heavy atom. The van der Waals surface area contributed by atoms with Crippen LogP contribution in [0.4, 0.5) is 16.2 Å². The van der Waals surface area contributed by atoms with Gasteiger partial charge in [-0.15, -0.1) is 11.8 Å². The van der Waals surface area contributed by atoms with Gasteiger partial charge in [-0.1, -0.05) is 49.4 Å². The number of urea groups is 1. The fraction of sp³-hybridized carbons (Fsp3) is 0.150. The smallest absolute Gasteiger partial charge is 0.308 e. The molecule has 2 amide bonds. The third-order valence-corrected chi connectivity index (χ3v) is 4.88. The van der Waals surface area contributed by atoms with Crippen LogP contribution in [0.25, 0.3) is 10.8 Å². The van der Waals surface area contributed by atoms with Gasteiger partial charge in [0, 0.05) is 10.6 Å². The van der Waals surface area contributed by atoms with Crippen LogP contribution in [-0.4, -0.2) is 11.8 Å². The summed E-state index contributed by atoms with van der Waals surface area (Å²) in [6.45, 7) is 2.15. The van der Waals surface area contributed by atoms with Crippen LogP contribution < -0.4 is 10.6 Å². The number of rotatable bonds is 5. The number of fused-ring (bicyclic) bond motifs is 1. The maximum atomic E-state index is 12.3. The molecule has 0 radical (unpaired) electrons. The number of amides is 2. The summed E-state index contributed by atoms with van der Waals surface area (Å²) in [7, 11) is 0. The van der Waals surface area contributed by atoms with Crippen molar-refractivity contribution in [3.8, 4) is 0 Å². The van der Waals surface area contributed by atoms with Gasteiger partial charge in [0.25, 0.3) is 0 Å².